The number of hydrogen-bond donors (Lipinski definition) is 2. The molecule has 1 fully saturated rings. The SMILES string of the molecule is Cc1cc(F)cc(NC(=O)C2(CN)CCCCC2)c1. The lowest BCUT2D eigenvalue weighted by atomic mass is 9.73. The fourth-order valence-electron chi connectivity index (χ4n) is 2.82. The number of carbonyl (C=O) groups is 1. The summed E-state index contributed by atoms with van der Waals surface area (Å²) in [6.45, 7) is 2.16. The molecule has 0 aliphatic heterocycles. The maximum absolute atomic E-state index is 13.3. The molecular formula is C15H21FN2O. The first-order chi connectivity index (χ1) is 9.05. The van der Waals surface area contributed by atoms with E-state index in [9.17, 15) is 9.18 Å². The Bertz CT molecular complexity index is 447. The van der Waals surface area contributed by atoms with E-state index in [0.717, 1.165) is 37.7 Å². The largest absolute Gasteiger partial charge is 0.329 e. The van der Waals surface area contributed by atoms with Crippen LogP contribution in [0.5, 0.6) is 0 Å². The lowest BCUT2D eigenvalue weighted by Crippen LogP contribution is -2.43. The second kappa shape index (κ2) is 5.70. The third-order valence-electron chi connectivity index (χ3n) is 3.98. The summed E-state index contributed by atoms with van der Waals surface area (Å²) in [7, 11) is 0. The van der Waals surface area contributed by atoms with Crippen molar-refractivity contribution in [2.75, 3.05) is 11.9 Å². The van der Waals surface area contributed by atoms with Gasteiger partial charge in [-0.05, 0) is 43.5 Å². The first kappa shape index (κ1) is 14.0. The highest BCUT2D eigenvalue weighted by molar-refractivity contribution is 5.95. The second-order valence-electron chi connectivity index (χ2n) is 5.52. The van der Waals surface area contributed by atoms with Crippen molar-refractivity contribution in [3.8, 4) is 0 Å². The molecule has 19 heavy (non-hydrogen) atoms. The fraction of sp³-hybridized carbons (Fsp3) is 0.533. The van der Waals surface area contributed by atoms with Crippen LogP contribution in [0.15, 0.2) is 18.2 Å². The normalized spacial score (nSPS) is 18.1. The molecule has 0 unspecified atom stereocenters. The van der Waals surface area contributed by atoms with Crippen molar-refractivity contribution in [2.24, 2.45) is 11.1 Å². The molecule has 4 heteroatoms. The highest BCUT2D eigenvalue weighted by Crippen LogP contribution is 2.36. The average Bonchev–Trinajstić information content (AvgIpc) is 2.38. The van der Waals surface area contributed by atoms with E-state index in [-0.39, 0.29) is 11.7 Å². The molecule has 2 rings (SSSR count). The lowest BCUT2D eigenvalue weighted by Gasteiger charge is -2.34. The average molecular weight is 264 g/mol. The van der Waals surface area contributed by atoms with Crippen molar-refractivity contribution in [2.45, 2.75) is 39.0 Å². The number of anilines is 1. The van der Waals surface area contributed by atoms with Gasteiger partial charge in [0.05, 0.1) is 5.41 Å². The molecule has 0 aromatic heterocycles. The van der Waals surface area contributed by atoms with Crippen molar-refractivity contribution in [3.63, 3.8) is 0 Å². The van der Waals surface area contributed by atoms with Gasteiger partial charge in [0, 0.05) is 12.2 Å². The summed E-state index contributed by atoms with van der Waals surface area (Å²) >= 11 is 0. The van der Waals surface area contributed by atoms with Gasteiger partial charge in [-0.25, -0.2) is 4.39 Å². The summed E-state index contributed by atoms with van der Waals surface area (Å²) in [5, 5.41) is 2.83. The number of carbonyl (C=O) groups excluding carboxylic acids is 1. The number of nitrogens with one attached hydrogen (secondary N) is 1. The maximum Gasteiger partial charge on any atom is 0.231 e. The van der Waals surface area contributed by atoms with Crippen molar-refractivity contribution in [3.05, 3.63) is 29.6 Å². The molecule has 1 aromatic carbocycles. The summed E-state index contributed by atoms with van der Waals surface area (Å²) < 4.78 is 13.3. The van der Waals surface area contributed by atoms with Crippen LogP contribution in [0.25, 0.3) is 0 Å². The Balaban J connectivity index is 2.14. The molecule has 1 aliphatic carbocycles. The fourth-order valence-corrected chi connectivity index (χ4v) is 2.82. The van der Waals surface area contributed by atoms with Crippen LogP contribution in [0.1, 0.15) is 37.7 Å². The topological polar surface area (TPSA) is 55.1 Å². The van der Waals surface area contributed by atoms with Crippen LogP contribution in [0.3, 0.4) is 0 Å². The number of hydrogen-bond acceptors (Lipinski definition) is 2. The standard InChI is InChI=1S/C15H21FN2O/c1-11-7-12(16)9-13(8-11)18-14(19)15(10-17)5-3-2-4-6-15/h7-9H,2-6,10,17H2,1H3,(H,18,19). The number of rotatable bonds is 3. The van der Waals surface area contributed by atoms with Crippen LogP contribution >= 0.6 is 0 Å². The van der Waals surface area contributed by atoms with E-state index in [4.69, 9.17) is 5.73 Å². The van der Waals surface area contributed by atoms with E-state index in [0.29, 0.717) is 12.2 Å². The van der Waals surface area contributed by atoms with Gasteiger partial charge in [0.15, 0.2) is 0 Å². The van der Waals surface area contributed by atoms with E-state index in [1.54, 1.807) is 13.0 Å². The predicted molar refractivity (Wildman–Crippen MR) is 74.3 cm³/mol. The van der Waals surface area contributed by atoms with Crippen LogP contribution in [-0.4, -0.2) is 12.5 Å². The number of benzene rings is 1. The Morgan fingerprint density at radius 3 is 2.58 bits per heavy atom. The van der Waals surface area contributed by atoms with Gasteiger partial charge in [0.2, 0.25) is 5.91 Å². The molecule has 0 saturated heterocycles. The number of halogens is 1. The quantitative estimate of drug-likeness (QED) is 0.881. The zero-order chi connectivity index (χ0) is 13.9. The van der Waals surface area contributed by atoms with Crippen molar-refractivity contribution in [1.82, 2.24) is 0 Å². The summed E-state index contributed by atoms with van der Waals surface area (Å²) in [5.41, 5.74) is 6.65. The summed E-state index contributed by atoms with van der Waals surface area (Å²) in [5.74, 6) is -0.402. The van der Waals surface area contributed by atoms with Crippen LogP contribution < -0.4 is 11.1 Å². The molecule has 104 valence electrons. The summed E-state index contributed by atoms with van der Waals surface area (Å²) in [4.78, 5) is 12.4. The van der Waals surface area contributed by atoms with Crippen molar-refractivity contribution >= 4 is 11.6 Å². The highest BCUT2D eigenvalue weighted by atomic mass is 19.1. The third-order valence-corrected chi connectivity index (χ3v) is 3.98. The van der Waals surface area contributed by atoms with Crippen LogP contribution in [0.2, 0.25) is 0 Å². The number of nitrogens with two attached hydrogens (primary N) is 1. The lowest BCUT2D eigenvalue weighted by molar-refractivity contribution is -0.126. The minimum absolute atomic E-state index is 0.0697. The Kier molecular flexibility index (Phi) is 4.20. The molecular weight excluding hydrogens is 243 g/mol. The molecule has 0 spiro atoms. The molecule has 0 bridgehead atoms. The molecule has 0 atom stereocenters. The first-order valence-electron chi connectivity index (χ1n) is 6.84. The zero-order valence-electron chi connectivity index (χ0n) is 11.3. The predicted octanol–water partition coefficient (Wildman–Crippen LogP) is 2.98. The van der Waals surface area contributed by atoms with Gasteiger partial charge in [-0.1, -0.05) is 19.3 Å². The van der Waals surface area contributed by atoms with Crippen molar-refractivity contribution < 1.29 is 9.18 Å². The first-order valence-corrected chi connectivity index (χ1v) is 6.84. The maximum atomic E-state index is 13.3. The molecule has 1 aliphatic rings. The van der Waals surface area contributed by atoms with Gasteiger partial charge in [-0.3, -0.25) is 4.79 Å². The molecule has 1 amide bonds. The number of amides is 1. The van der Waals surface area contributed by atoms with E-state index in [1.165, 1.54) is 12.1 Å². The van der Waals surface area contributed by atoms with E-state index in [1.807, 2.05) is 0 Å². The second-order valence-corrected chi connectivity index (χ2v) is 5.52. The Morgan fingerprint density at radius 2 is 2.00 bits per heavy atom. The van der Waals surface area contributed by atoms with Crippen molar-refractivity contribution in [1.29, 1.82) is 0 Å². The molecule has 3 nitrogen and oxygen atoms in total. The Hall–Kier alpha value is -1.42. The van der Waals surface area contributed by atoms with Gasteiger partial charge in [-0.15, -0.1) is 0 Å². The van der Waals surface area contributed by atoms with Crippen LogP contribution in [0, 0.1) is 18.2 Å². The van der Waals surface area contributed by atoms with Gasteiger partial charge >= 0.3 is 0 Å². The Labute approximate surface area is 113 Å². The molecule has 0 radical (unpaired) electrons. The van der Waals surface area contributed by atoms with Crippen LogP contribution in [0.4, 0.5) is 10.1 Å². The third kappa shape index (κ3) is 3.13. The van der Waals surface area contributed by atoms with E-state index < -0.39 is 5.41 Å². The minimum Gasteiger partial charge on any atom is -0.329 e. The summed E-state index contributed by atoms with van der Waals surface area (Å²) in [6.07, 6.45) is 4.88. The molecule has 1 saturated carbocycles. The molecule has 3 N–H and O–H groups in total. The monoisotopic (exact) mass is 264 g/mol. The van der Waals surface area contributed by atoms with Gasteiger partial charge in [-0.2, -0.15) is 0 Å². The summed E-state index contributed by atoms with van der Waals surface area (Å²) in [6, 6.07) is 4.56. The molecule has 0 heterocycles. The van der Waals surface area contributed by atoms with E-state index >= 15 is 0 Å². The highest BCUT2D eigenvalue weighted by Gasteiger charge is 2.38. The van der Waals surface area contributed by atoms with E-state index in [2.05, 4.69) is 5.32 Å². The Morgan fingerprint density at radius 1 is 1.32 bits per heavy atom. The number of aryl methyl sites for hydroxylation is 1. The van der Waals surface area contributed by atoms with Gasteiger partial charge < -0.3 is 11.1 Å². The minimum atomic E-state index is -0.474. The zero-order valence-corrected chi connectivity index (χ0v) is 11.3. The van der Waals surface area contributed by atoms with Gasteiger partial charge in [0.25, 0.3) is 0 Å². The smallest absolute Gasteiger partial charge is 0.231 e. The van der Waals surface area contributed by atoms with Gasteiger partial charge in [0.1, 0.15) is 5.82 Å². The van der Waals surface area contributed by atoms with Crippen LogP contribution in [-0.2, 0) is 4.79 Å². The molecule has 1 aromatic rings.